The molecular weight excluding hydrogens is 308 g/mol. The Kier molecular flexibility index (Phi) is 4.83. The molecular formula is C10H9ClN4O2S2. The molecule has 0 saturated heterocycles. The zero-order chi connectivity index (χ0) is 13.7. The highest BCUT2D eigenvalue weighted by atomic mass is 35.5. The monoisotopic (exact) mass is 316 g/mol. The lowest BCUT2D eigenvalue weighted by molar-refractivity contribution is 0.0462. The molecule has 9 heteroatoms. The van der Waals surface area contributed by atoms with Gasteiger partial charge in [-0.05, 0) is 0 Å². The quantitative estimate of drug-likeness (QED) is 0.652. The first kappa shape index (κ1) is 13.9. The molecule has 0 aliphatic rings. The van der Waals surface area contributed by atoms with Crippen LogP contribution in [0.25, 0.3) is 0 Å². The van der Waals surface area contributed by atoms with Gasteiger partial charge in [0, 0.05) is 23.5 Å². The predicted octanol–water partition coefficient (Wildman–Crippen LogP) is 2.60. The first-order valence-corrected chi connectivity index (χ1v) is 7.18. The molecule has 0 aliphatic carbocycles. The Morgan fingerprint density at radius 2 is 2.47 bits per heavy atom. The summed E-state index contributed by atoms with van der Waals surface area (Å²) >= 11 is 8.17. The molecule has 2 aromatic rings. The zero-order valence-electron chi connectivity index (χ0n) is 9.63. The van der Waals surface area contributed by atoms with Gasteiger partial charge in [0.2, 0.25) is 0 Å². The summed E-state index contributed by atoms with van der Waals surface area (Å²) < 4.78 is 9.11. The molecule has 2 rings (SSSR count). The third-order valence-electron chi connectivity index (χ3n) is 1.96. The third kappa shape index (κ3) is 3.72. The molecule has 0 aliphatic heterocycles. The Bertz CT molecular complexity index is 584. The van der Waals surface area contributed by atoms with E-state index in [2.05, 4.69) is 26.5 Å². The molecule has 1 N–H and O–H groups in total. The normalized spacial score (nSPS) is 10.2. The summed E-state index contributed by atoms with van der Waals surface area (Å²) in [5, 5.41) is 8.99. The Morgan fingerprint density at radius 1 is 1.63 bits per heavy atom. The fourth-order valence-electron chi connectivity index (χ4n) is 1.10. The first-order valence-electron chi connectivity index (χ1n) is 5.15. The van der Waals surface area contributed by atoms with Crippen molar-refractivity contribution in [2.75, 3.05) is 11.9 Å². The maximum absolute atomic E-state index is 11.7. The molecule has 2 heterocycles. The van der Waals surface area contributed by atoms with E-state index in [-0.39, 0.29) is 12.3 Å². The van der Waals surface area contributed by atoms with Crippen LogP contribution in [0.1, 0.15) is 16.2 Å². The summed E-state index contributed by atoms with van der Waals surface area (Å²) in [4.78, 5) is 15.8. The van der Waals surface area contributed by atoms with Crippen LogP contribution < -0.4 is 5.32 Å². The Balaban J connectivity index is 1.91. The van der Waals surface area contributed by atoms with Gasteiger partial charge in [-0.1, -0.05) is 22.2 Å². The van der Waals surface area contributed by atoms with E-state index >= 15 is 0 Å². The lowest BCUT2D eigenvalue weighted by atomic mass is 10.5. The number of hydrogen-bond acceptors (Lipinski definition) is 8. The summed E-state index contributed by atoms with van der Waals surface area (Å²) in [5.41, 5.74) is 0.691. The highest BCUT2D eigenvalue weighted by Gasteiger charge is 2.14. The molecule has 0 atom stereocenters. The van der Waals surface area contributed by atoms with Crippen molar-refractivity contribution in [2.45, 2.75) is 6.61 Å². The van der Waals surface area contributed by atoms with E-state index in [0.29, 0.717) is 21.7 Å². The van der Waals surface area contributed by atoms with Crippen LogP contribution >= 0.6 is 34.5 Å². The van der Waals surface area contributed by atoms with Crippen molar-refractivity contribution in [3.63, 3.8) is 0 Å². The van der Waals surface area contributed by atoms with Gasteiger partial charge in [0.1, 0.15) is 16.6 Å². The molecule has 0 saturated carbocycles. The topological polar surface area (TPSA) is 77.0 Å². The second kappa shape index (κ2) is 6.60. The van der Waals surface area contributed by atoms with Gasteiger partial charge in [-0.25, -0.2) is 9.78 Å². The van der Waals surface area contributed by atoms with Gasteiger partial charge in [-0.3, -0.25) is 0 Å². The summed E-state index contributed by atoms with van der Waals surface area (Å²) in [5.74, 6) is -0.521. The van der Waals surface area contributed by atoms with Gasteiger partial charge >= 0.3 is 5.97 Å². The number of nitrogens with one attached hydrogen (secondary N) is 1. The van der Waals surface area contributed by atoms with Crippen molar-refractivity contribution in [2.24, 2.45) is 0 Å². The Hall–Kier alpha value is -1.51. The number of carbonyl (C=O) groups is 1. The molecule has 19 heavy (non-hydrogen) atoms. The number of thiazole rings is 1. The lowest BCUT2D eigenvalue weighted by Crippen LogP contribution is -2.06. The standard InChI is InChI=1S/C10H9ClN4O2S2/c1-2-3-12-10-13-7(5-18-10)9(16)17-4-6-8(11)19-15-14-6/h2,5H,1,3-4H2,(H,12,13). The molecule has 100 valence electrons. The van der Waals surface area contributed by atoms with E-state index in [4.69, 9.17) is 16.3 Å². The van der Waals surface area contributed by atoms with E-state index in [9.17, 15) is 4.79 Å². The minimum Gasteiger partial charge on any atom is -0.454 e. The number of carbonyl (C=O) groups excluding carboxylic acids is 1. The number of rotatable bonds is 6. The number of esters is 1. The molecule has 0 spiro atoms. The van der Waals surface area contributed by atoms with Gasteiger partial charge in [0.25, 0.3) is 0 Å². The molecule has 2 aromatic heterocycles. The molecule has 0 radical (unpaired) electrons. The fraction of sp³-hybridized carbons (Fsp3) is 0.200. The molecule has 0 fully saturated rings. The van der Waals surface area contributed by atoms with Crippen LogP contribution in [0.2, 0.25) is 4.34 Å². The molecule has 0 unspecified atom stereocenters. The molecule has 6 nitrogen and oxygen atoms in total. The van der Waals surface area contributed by atoms with E-state index < -0.39 is 5.97 Å². The van der Waals surface area contributed by atoms with Gasteiger partial charge in [0.05, 0.1) is 0 Å². The number of halogens is 1. The minimum atomic E-state index is -0.521. The SMILES string of the molecule is C=CCNc1nc(C(=O)OCc2nnsc2Cl)cs1. The van der Waals surface area contributed by atoms with Crippen molar-refractivity contribution < 1.29 is 9.53 Å². The van der Waals surface area contributed by atoms with Crippen molar-refractivity contribution in [1.82, 2.24) is 14.6 Å². The van der Waals surface area contributed by atoms with E-state index in [1.807, 2.05) is 0 Å². The second-order valence-corrected chi connectivity index (χ2v) is 5.49. The summed E-state index contributed by atoms with van der Waals surface area (Å²) in [6.07, 6.45) is 1.70. The van der Waals surface area contributed by atoms with Crippen molar-refractivity contribution in [3.8, 4) is 0 Å². The van der Waals surface area contributed by atoms with Crippen LogP contribution in [0, 0.1) is 0 Å². The summed E-state index contributed by atoms with van der Waals surface area (Å²) in [7, 11) is 0. The third-order valence-corrected chi connectivity index (χ3v) is 3.74. The van der Waals surface area contributed by atoms with E-state index in [1.165, 1.54) is 11.3 Å². The maximum atomic E-state index is 11.7. The average molecular weight is 317 g/mol. The molecule has 0 amide bonds. The van der Waals surface area contributed by atoms with Crippen LogP contribution in [0.5, 0.6) is 0 Å². The van der Waals surface area contributed by atoms with Crippen LogP contribution in [0.15, 0.2) is 18.0 Å². The van der Waals surface area contributed by atoms with Gasteiger partial charge in [-0.15, -0.1) is 23.0 Å². The smallest absolute Gasteiger partial charge is 0.358 e. The van der Waals surface area contributed by atoms with Gasteiger partial charge in [-0.2, -0.15) is 0 Å². The summed E-state index contributed by atoms with van der Waals surface area (Å²) in [6, 6.07) is 0. The summed E-state index contributed by atoms with van der Waals surface area (Å²) in [6.45, 7) is 4.15. The molecule has 0 bridgehead atoms. The number of aromatic nitrogens is 3. The number of hydrogen-bond donors (Lipinski definition) is 1. The van der Waals surface area contributed by atoms with Gasteiger partial charge in [0.15, 0.2) is 10.8 Å². The highest BCUT2D eigenvalue weighted by Crippen LogP contribution is 2.19. The van der Waals surface area contributed by atoms with Crippen molar-refractivity contribution in [1.29, 1.82) is 0 Å². The number of nitrogens with zero attached hydrogens (tertiary/aromatic N) is 3. The predicted molar refractivity (Wildman–Crippen MR) is 74.8 cm³/mol. The number of anilines is 1. The Morgan fingerprint density at radius 3 is 3.16 bits per heavy atom. The zero-order valence-corrected chi connectivity index (χ0v) is 12.0. The van der Waals surface area contributed by atoms with Crippen LogP contribution in [0.3, 0.4) is 0 Å². The fourth-order valence-corrected chi connectivity index (χ4v) is 2.39. The largest absolute Gasteiger partial charge is 0.454 e. The Labute approximate surface area is 122 Å². The molecule has 0 aromatic carbocycles. The van der Waals surface area contributed by atoms with E-state index in [0.717, 1.165) is 11.5 Å². The van der Waals surface area contributed by atoms with Gasteiger partial charge < -0.3 is 10.1 Å². The maximum Gasteiger partial charge on any atom is 0.358 e. The van der Waals surface area contributed by atoms with Crippen LogP contribution in [-0.2, 0) is 11.3 Å². The second-order valence-electron chi connectivity index (χ2n) is 3.28. The number of ether oxygens (including phenoxy) is 1. The van der Waals surface area contributed by atoms with Crippen LogP contribution in [-0.4, -0.2) is 27.1 Å². The highest BCUT2D eigenvalue weighted by molar-refractivity contribution is 7.13. The first-order chi connectivity index (χ1) is 9.20. The van der Waals surface area contributed by atoms with E-state index in [1.54, 1.807) is 11.5 Å². The lowest BCUT2D eigenvalue weighted by Gasteiger charge is -2.00. The van der Waals surface area contributed by atoms with Crippen molar-refractivity contribution >= 4 is 45.6 Å². The van der Waals surface area contributed by atoms with Crippen LogP contribution in [0.4, 0.5) is 5.13 Å². The van der Waals surface area contributed by atoms with Crippen molar-refractivity contribution in [3.05, 3.63) is 33.8 Å². The average Bonchev–Trinajstić information content (AvgIpc) is 3.03. The minimum absolute atomic E-state index is 0.0128.